The zero-order chi connectivity index (χ0) is 10.7. The molecule has 1 aliphatic heterocycles. The molecular weight excluding hydrogens is 202 g/mol. The standard InChI is InChI=1S/C10H16ClNO2/c1-7(2)10(14)12-5-3-8(4-6-12)9(11)13/h7-8H,3-6H2,1-2H3. The van der Waals surface area contributed by atoms with Gasteiger partial charge in [0.2, 0.25) is 11.1 Å². The summed E-state index contributed by atoms with van der Waals surface area (Å²) in [6.45, 7) is 5.11. The summed E-state index contributed by atoms with van der Waals surface area (Å²) in [4.78, 5) is 24.3. The number of amides is 1. The Labute approximate surface area is 89.4 Å². The summed E-state index contributed by atoms with van der Waals surface area (Å²) in [5, 5.41) is -0.262. The van der Waals surface area contributed by atoms with E-state index in [4.69, 9.17) is 11.6 Å². The van der Waals surface area contributed by atoms with Crippen molar-refractivity contribution in [2.45, 2.75) is 26.7 Å². The van der Waals surface area contributed by atoms with E-state index < -0.39 is 0 Å². The van der Waals surface area contributed by atoms with E-state index in [1.807, 2.05) is 18.7 Å². The van der Waals surface area contributed by atoms with Gasteiger partial charge >= 0.3 is 0 Å². The lowest BCUT2D eigenvalue weighted by atomic mass is 9.97. The van der Waals surface area contributed by atoms with Crippen LogP contribution in [-0.4, -0.2) is 29.1 Å². The van der Waals surface area contributed by atoms with Crippen LogP contribution in [-0.2, 0) is 9.59 Å². The van der Waals surface area contributed by atoms with Crippen LogP contribution in [0.2, 0.25) is 0 Å². The summed E-state index contributed by atoms with van der Waals surface area (Å²) < 4.78 is 0. The summed E-state index contributed by atoms with van der Waals surface area (Å²) in [7, 11) is 0. The first-order chi connectivity index (χ1) is 6.52. The number of carbonyl (C=O) groups is 2. The molecule has 4 heteroatoms. The number of hydrogen-bond acceptors (Lipinski definition) is 2. The topological polar surface area (TPSA) is 37.4 Å². The molecule has 0 aromatic carbocycles. The van der Waals surface area contributed by atoms with Gasteiger partial charge in [-0.1, -0.05) is 13.8 Å². The molecule has 0 bridgehead atoms. The first kappa shape index (κ1) is 11.5. The van der Waals surface area contributed by atoms with Gasteiger partial charge in [-0.15, -0.1) is 0 Å². The molecule has 0 unspecified atom stereocenters. The molecule has 1 saturated heterocycles. The van der Waals surface area contributed by atoms with Crippen LogP contribution in [0.1, 0.15) is 26.7 Å². The molecule has 1 aliphatic rings. The molecule has 0 N–H and O–H groups in total. The molecule has 80 valence electrons. The Hall–Kier alpha value is -0.570. The van der Waals surface area contributed by atoms with Crippen LogP contribution in [0.4, 0.5) is 0 Å². The average Bonchev–Trinajstić information content (AvgIpc) is 2.16. The molecule has 14 heavy (non-hydrogen) atoms. The van der Waals surface area contributed by atoms with Crippen molar-refractivity contribution in [3.63, 3.8) is 0 Å². The van der Waals surface area contributed by atoms with Crippen molar-refractivity contribution < 1.29 is 9.59 Å². The predicted molar refractivity (Wildman–Crippen MR) is 55.0 cm³/mol. The van der Waals surface area contributed by atoms with Crippen LogP contribution in [0.3, 0.4) is 0 Å². The van der Waals surface area contributed by atoms with Gasteiger partial charge in [0.15, 0.2) is 0 Å². The van der Waals surface area contributed by atoms with Crippen molar-refractivity contribution >= 4 is 22.8 Å². The normalized spacial score (nSPS) is 18.7. The third-order valence-electron chi connectivity index (χ3n) is 2.62. The third-order valence-corrected chi connectivity index (χ3v) is 2.93. The van der Waals surface area contributed by atoms with Crippen molar-refractivity contribution in [3.8, 4) is 0 Å². The number of piperidine rings is 1. The zero-order valence-electron chi connectivity index (χ0n) is 8.62. The molecule has 0 aromatic rings. The third kappa shape index (κ3) is 2.71. The van der Waals surface area contributed by atoms with Crippen LogP contribution < -0.4 is 0 Å². The summed E-state index contributed by atoms with van der Waals surface area (Å²) in [5.74, 6) is 0.164. The number of halogens is 1. The van der Waals surface area contributed by atoms with E-state index in [0.717, 1.165) is 0 Å². The maximum absolute atomic E-state index is 11.6. The molecule has 1 amide bonds. The highest BCUT2D eigenvalue weighted by Gasteiger charge is 2.26. The predicted octanol–water partition coefficient (Wildman–Crippen LogP) is 1.65. The number of likely N-dealkylation sites (tertiary alicyclic amines) is 1. The van der Waals surface area contributed by atoms with Crippen molar-refractivity contribution in [2.24, 2.45) is 11.8 Å². The number of carbonyl (C=O) groups excluding carboxylic acids is 2. The van der Waals surface area contributed by atoms with Crippen LogP contribution in [0.25, 0.3) is 0 Å². The number of rotatable bonds is 2. The average molecular weight is 218 g/mol. The monoisotopic (exact) mass is 217 g/mol. The zero-order valence-corrected chi connectivity index (χ0v) is 9.38. The van der Waals surface area contributed by atoms with E-state index in [2.05, 4.69) is 0 Å². The van der Waals surface area contributed by atoms with E-state index >= 15 is 0 Å². The second-order valence-electron chi connectivity index (χ2n) is 4.06. The van der Waals surface area contributed by atoms with E-state index in [-0.39, 0.29) is 23.0 Å². The van der Waals surface area contributed by atoms with E-state index in [9.17, 15) is 9.59 Å². The fraction of sp³-hybridized carbons (Fsp3) is 0.800. The molecular formula is C10H16ClNO2. The van der Waals surface area contributed by atoms with Gasteiger partial charge in [-0.25, -0.2) is 0 Å². The highest BCUT2D eigenvalue weighted by Crippen LogP contribution is 2.20. The molecule has 0 atom stereocenters. The molecule has 1 rings (SSSR count). The first-order valence-electron chi connectivity index (χ1n) is 5.00. The molecule has 1 fully saturated rings. The molecule has 3 nitrogen and oxygen atoms in total. The highest BCUT2D eigenvalue weighted by atomic mass is 35.5. The van der Waals surface area contributed by atoms with Crippen molar-refractivity contribution in [1.82, 2.24) is 4.90 Å². The maximum Gasteiger partial charge on any atom is 0.225 e. The largest absolute Gasteiger partial charge is 0.342 e. The van der Waals surface area contributed by atoms with Gasteiger partial charge in [-0.05, 0) is 24.4 Å². The molecule has 0 radical (unpaired) electrons. The van der Waals surface area contributed by atoms with Gasteiger partial charge in [0.05, 0.1) is 0 Å². The molecule has 0 saturated carbocycles. The molecule has 0 spiro atoms. The summed E-state index contributed by atoms with van der Waals surface area (Å²) in [5.41, 5.74) is 0. The van der Waals surface area contributed by atoms with Crippen molar-refractivity contribution in [2.75, 3.05) is 13.1 Å². The van der Waals surface area contributed by atoms with Gasteiger partial charge in [-0.3, -0.25) is 9.59 Å². The quantitative estimate of drug-likeness (QED) is 0.660. The molecule has 1 heterocycles. The Morgan fingerprint density at radius 2 is 1.79 bits per heavy atom. The Bertz CT molecular complexity index is 232. The number of nitrogens with zero attached hydrogens (tertiary/aromatic N) is 1. The minimum absolute atomic E-state index is 0.0400. The van der Waals surface area contributed by atoms with Gasteiger partial charge in [0.1, 0.15) is 0 Å². The lowest BCUT2D eigenvalue weighted by molar-refractivity contribution is -0.136. The summed E-state index contributed by atoms with van der Waals surface area (Å²) >= 11 is 5.40. The van der Waals surface area contributed by atoms with Crippen LogP contribution >= 0.6 is 11.6 Å². The second kappa shape index (κ2) is 4.78. The smallest absolute Gasteiger partial charge is 0.225 e. The SMILES string of the molecule is CC(C)C(=O)N1CCC(C(=O)Cl)CC1. The fourth-order valence-electron chi connectivity index (χ4n) is 1.69. The van der Waals surface area contributed by atoms with Gasteiger partial charge in [0, 0.05) is 24.9 Å². The fourth-order valence-corrected chi connectivity index (χ4v) is 1.91. The van der Waals surface area contributed by atoms with Gasteiger partial charge in [-0.2, -0.15) is 0 Å². The summed E-state index contributed by atoms with van der Waals surface area (Å²) in [6, 6.07) is 0. The Balaban J connectivity index is 2.43. The minimum atomic E-state index is -0.262. The lowest BCUT2D eigenvalue weighted by Gasteiger charge is -2.31. The Morgan fingerprint density at radius 1 is 1.29 bits per heavy atom. The molecule has 0 aromatic heterocycles. The van der Waals surface area contributed by atoms with Crippen molar-refractivity contribution in [1.29, 1.82) is 0 Å². The Kier molecular flexibility index (Phi) is 3.93. The van der Waals surface area contributed by atoms with E-state index in [1.165, 1.54) is 0 Å². The van der Waals surface area contributed by atoms with Crippen LogP contribution in [0.5, 0.6) is 0 Å². The van der Waals surface area contributed by atoms with Crippen molar-refractivity contribution in [3.05, 3.63) is 0 Å². The van der Waals surface area contributed by atoms with Crippen LogP contribution in [0, 0.1) is 11.8 Å². The Morgan fingerprint density at radius 3 is 2.14 bits per heavy atom. The second-order valence-corrected chi connectivity index (χ2v) is 4.43. The maximum atomic E-state index is 11.6. The molecule has 0 aliphatic carbocycles. The first-order valence-corrected chi connectivity index (χ1v) is 5.38. The van der Waals surface area contributed by atoms with Gasteiger partial charge in [0.25, 0.3) is 0 Å². The lowest BCUT2D eigenvalue weighted by Crippen LogP contribution is -2.41. The minimum Gasteiger partial charge on any atom is -0.342 e. The number of hydrogen-bond donors (Lipinski definition) is 0. The van der Waals surface area contributed by atoms with Crippen LogP contribution in [0.15, 0.2) is 0 Å². The van der Waals surface area contributed by atoms with Gasteiger partial charge < -0.3 is 4.90 Å². The summed E-state index contributed by atoms with van der Waals surface area (Å²) in [6.07, 6.45) is 1.42. The van der Waals surface area contributed by atoms with E-state index in [1.54, 1.807) is 0 Å². The van der Waals surface area contributed by atoms with E-state index in [0.29, 0.717) is 25.9 Å². The highest BCUT2D eigenvalue weighted by molar-refractivity contribution is 6.63.